The molecule has 1 rings (SSSR count). The molecule has 0 aromatic heterocycles. The minimum absolute atomic E-state index is 0.741. The van der Waals surface area contributed by atoms with Gasteiger partial charge in [-0.05, 0) is 36.2 Å². The van der Waals surface area contributed by atoms with Crippen LogP contribution >= 0.6 is 11.8 Å². The molecular weight excluding hydrogens is 128 g/mol. The molecule has 0 spiro atoms. The molecule has 0 amide bonds. The largest absolute Gasteiger partial charge is 0.161 e. The monoisotopic (exact) mass is 144 g/mol. The molecule has 1 heterocycles. The van der Waals surface area contributed by atoms with Crippen LogP contribution in [0.5, 0.6) is 0 Å². The van der Waals surface area contributed by atoms with Crippen LogP contribution in [0, 0.1) is 5.41 Å². The first kappa shape index (κ1) is 7.46. The lowest BCUT2D eigenvalue weighted by Crippen LogP contribution is -2.16. The van der Waals surface area contributed by atoms with Crippen molar-refractivity contribution in [2.24, 2.45) is 5.41 Å². The van der Waals surface area contributed by atoms with Crippen molar-refractivity contribution in [3.05, 3.63) is 0 Å². The molecule has 0 aliphatic carbocycles. The van der Waals surface area contributed by atoms with Crippen LogP contribution in [0.25, 0.3) is 0 Å². The number of hydrogen-bond donors (Lipinski definition) is 0. The van der Waals surface area contributed by atoms with Gasteiger partial charge in [0.2, 0.25) is 0 Å². The zero-order valence-corrected chi connectivity index (χ0v) is 7.26. The molecule has 0 bridgehead atoms. The molecule has 1 heteroatoms. The maximum atomic E-state index is 2.33. The van der Waals surface area contributed by atoms with E-state index in [2.05, 4.69) is 25.6 Å². The average molecular weight is 144 g/mol. The third-order valence-corrected chi connectivity index (χ3v) is 3.99. The number of hydrogen-bond acceptors (Lipinski definition) is 1. The molecule has 0 N–H and O–H groups in total. The Kier molecular flexibility index (Phi) is 2.45. The van der Waals surface area contributed by atoms with Crippen LogP contribution in [0.1, 0.15) is 33.1 Å². The lowest BCUT2D eigenvalue weighted by molar-refractivity contribution is 0.310. The predicted octanol–water partition coefficient (Wildman–Crippen LogP) is 2.93. The van der Waals surface area contributed by atoms with Gasteiger partial charge < -0.3 is 0 Å². The molecular formula is C8H16S. The fourth-order valence-electron chi connectivity index (χ4n) is 1.46. The third-order valence-electron chi connectivity index (χ3n) is 2.68. The van der Waals surface area contributed by atoms with Crippen LogP contribution in [-0.4, -0.2) is 11.5 Å². The number of thioether (sulfide) groups is 1. The van der Waals surface area contributed by atoms with Gasteiger partial charge in [0.05, 0.1) is 0 Å². The van der Waals surface area contributed by atoms with Crippen molar-refractivity contribution < 1.29 is 0 Å². The molecule has 0 aromatic carbocycles. The first-order valence-corrected chi connectivity index (χ1v) is 5.06. The Bertz CT molecular complexity index is 76.6. The van der Waals surface area contributed by atoms with Crippen LogP contribution in [0.3, 0.4) is 0 Å². The topological polar surface area (TPSA) is 0 Å². The number of rotatable bonds is 2. The minimum atomic E-state index is 0.741. The average Bonchev–Trinajstić information content (AvgIpc) is 2.36. The van der Waals surface area contributed by atoms with Gasteiger partial charge in [-0.15, -0.1) is 0 Å². The van der Waals surface area contributed by atoms with Crippen molar-refractivity contribution in [2.45, 2.75) is 33.1 Å². The highest BCUT2D eigenvalue weighted by Gasteiger charge is 2.29. The summed E-state index contributed by atoms with van der Waals surface area (Å²) in [7, 11) is 0. The van der Waals surface area contributed by atoms with Crippen molar-refractivity contribution in [1.82, 2.24) is 0 Å². The SMILES string of the molecule is CCC1(CC)CCSC1. The molecule has 0 aromatic rings. The van der Waals surface area contributed by atoms with E-state index in [1.165, 1.54) is 30.8 Å². The summed E-state index contributed by atoms with van der Waals surface area (Å²) in [6, 6.07) is 0. The van der Waals surface area contributed by atoms with Gasteiger partial charge in [-0.2, -0.15) is 11.8 Å². The smallest absolute Gasteiger partial charge is 0.00107 e. The molecule has 0 nitrogen and oxygen atoms in total. The van der Waals surface area contributed by atoms with E-state index >= 15 is 0 Å². The zero-order chi connectivity index (χ0) is 6.74. The molecule has 0 atom stereocenters. The second-order valence-corrected chi connectivity index (χ2v) is 4.11. The molecule has 54 valence electrons. The Morgan fingerprint density at radius 2 is 2.00 bits per heavy atom. The molecule has 1 saturated heterocycles. The molecule has 1 aliphatic rings. The van der Waals surface area contributed by atoms with Gasteiger partial charge in [-0.25, -0.2) is 0 Å². The van der Waals surface area contributed by atoms with Crippen LogP contribution in [0.4, 0.5) is 0 Å². The Hall–Kier alpha value is 0.350. The van der Waals surface area contributed by atoms with E-state index in [9.17, 15) is 0 Å². The van der Waals surface area contributed by atoms with Gasteiger partial charge in [0.25, 0.3) is 0 Å². The lowest BCUT2D eigenvalue weighted by Gasteiger charge is -2.23. The quantitative estimate of drug-likeness (QED) is 0.574. The van der Waals surface area contributed by atoms with Crippen LogP contribution in [-0.2, 0) is 0 Å². The molecule has 1 aliphatic heterocycles. The maximum absolute atomic E-state index is 2.33. The Morgan fingerprint density at radius 3 is 2.22 bits per heavy atom. The van der Waals surface area contributed by atoms with Crippen LogP contribution in [0.2, 0.25) is 0 Å². The van der Waals surface area contributed by atoms with E-state index in [1.807, 2.05) is 0 Å². The Morgan fingerprint density at radius 1 is 1.33 bits per heavy atom. The van der Waals surface area contributed by atoms with Crippen molar-refractivity contribution in [2.75, 3.05) is 11.5 Å². The summed E-state index contributed by atoms with van der Waals surface area (Å²) < 4.78 is 0. The van der Waals surface area contributed by atoms with Gasteiger partial charge in [0.15, 0.2) is 0 Å². The highest BCUT2D eigenvalue weighted by Crippen LogP contribution is 2.41. The van der Waals surface area contributed by atoms with Crippen LogP contribution in [0.15, 0.2) is 0 Å². The first-order valence-electron chi connectivity index (χ1n) is 3.91. The summed E-state index contributed by atoms with van der Waals surface area (Å²) in [5, 5.41) is 0. The molecule has 9 heavy (non-hydrogen) atoms. The Labute approximate surface area is 62.4 Å². The van der Waals surface area contributed by atoms with E-state index in [1.54, 1.807) is 0 Å². The molecule has 0 unspecified atom stereocenters. The highest BCUT2D eigenvalue weighted by atomic mass is 32.2. The fourth-order valence-corrected chi connectivity index (χ4v) is 3.16. The molecule has 1 fully saturated rings. The van der Waals surface area contributed by atoms with E-state index in [4.69, 9.17) is 0 Å². The van der Waals surface area contributed by atoms with Gasteiger partial charge in [0, 0.05) is 0 Å². The summed E-state index contributed by atoms with van der Waals surface area (Å²) in [4.78, 5) is 0. The fraction of sp³-hybridized carbons (Fsp3) is 1.00. The van der Waals surface area contributed by atoms with Gasteiger partial charge in [-0.1, -0.05) is 13.8 Å². The minimum Gasteiger partial charge on any atom is -0.161 e. The molecule has 0 saturated carbocycles. The summed E-state index contributed by atoms with van der Waals surface area (Å²) in [5.41, 5.74) is 0.741. The van der Waals surface area contributed by atoms with Gasteiger partial charge >= 0.3 is 0 Å². The zero-order valence-electron chi connectivity index (χ0n) is 6.44. The molecule has 0 radical (unpaired) electrons. The third kappa shape index (κ3) is 1.43. The summed E-state index contributed by atoms with van der Waals surface area (Å²) in [6.07, 6.45) is 4.23. The maximum Gasteiger partial charge on any atom is -0.00107 e. The van der Waals surface area contributed by atoms with Gasteiger partial charge in [0.1, 0.15) is 0 Å². The van der Waals surface area contributed by atoms with E-state index < -0.39 is 0 Å². The van der Waals surface area contributed by atoms with E-state index in [0.717, 1.165) is 5.41 Å². The summed E-state index contributed by atoms with van der Waals surface area (Å²) in [5.74, 6) is 2.82. The van der Waals surface area contributed by atoms with Crippen molar-refractivity contribution in [3.8, 4) is 0 Å². The lowest BCUT2D eigenvalue weighted by atomic mass is 9.82. The van der Waals surface area contributed by atoms with E-state index in [0.29, 0.717) is 0 Å². The van der Waals surface area contributed by atoms with Crippen molar-refractivity contribution >= 4 is 11.8 Å². The van der Waals surface area contributed by atoms with Crippen molar-refractivity contribution in [3.63, 3.8) is 0 Å². The second-order valence-electron chi connectivity index (χ2n) is 3.01. The summed E-state index contributed by atoms with van der Waals surface area (Å²) in [6.45, 7) is 4.66. The van der Waals surface area contributed by atoms with E-state index in [-0.39, 0.29) is 0 Å². The second kappa shape index (κ2) is 2.96. The van der Waals surface area contributed by atoms with Crippen LogP contribution < -0.4 is 0 Å². The first-order chi connectivity index (χ1) is 4.33. The standard InChI is InChI=1S/C8H16S/c1-3-8(4-2)5-6-9-7-8/h3-7H2,1-2H3. The normalized spacial score (nSPS) is 24.7. The Balaban J connectivity index is 2.45. The predicted molar refractivity (Wildman–Crippen MR) is 45.0 cm³/mol. The van der Waals surface area contributed by atoms with Crippen molar-refractivity contribution in [1.29, 1.82) is 0 Å². The summed E-state index contributed by atoms with van der Waals surface area (Å²) >= 11 is 2.13. The van der Waals surface area contributed by atoms with Gasteiger partial charge in [-0.3, -0.25) is 0 Å². The highest BCUT2D eigenvalue weighted by molar-refractivity contribution is 7.99.